The molecule has 1 aromatic carbocycles. The number of hydrogen-bond acceptors (Lipinski definition) is 4. The smallest absolute Gasteiger partial charge is 0.317 e. The van der Waals surface area contributed by atoms with Crippen LogP contribution < -0.4 is 14.8 Å². The summed E-state index contributed by atoms with van der Waals surface area (Å²) in [5.74, 6) is 1.53. The zero-order chi connectivity index (χ0) is 17.2. The molecule has 3 heterocycles. The Kier molecular flexibility index (Phi) is 4.38. The van der Waals surface area contributed by atoms with Crippen molar-refractivity contribution in [2.24, 2.45) is 0 Å². The van der Waals surface area contributed by atoms with Crippen LogP contribution >= 0.6 is 0 Å². The van der Waals surface area contributed by atoms with Gasteiger partial charge in [-0.15, -0.1) is 0 Å². The normalized spacial score (nSPS) is 23.5. The van der Waals surface area contributed by atoms with Crippen molar-refractivity contribution in [3.63, 3.8) is 0 Å². The summed E-state index contributed by atoms with van der Waals surface area (Å²) in [6.07, 6.45) is 1.75. The van der Waals surface area contributed by atoms with Gasteiger partial charge in [-0.3, -0.25) is 4.79 Å². The van der Waals surface area contributed by atoms with Gasteiger partial charge in [-0.1, -0.05) is 12.1 Å². The molecule has 0 saturated carbocycles. The molecule has 1 N–H and O–H groups in total. The molecule has 7 heteroatoms. The number of fused-ring (bicyclic) bond motifs is 1. The molecule has 2 fully saturated rings. The molecule has 3 aliphatic heterocycles. The number of nitrogens with zero attached hydrogens (tertiary/aromatic N) is 2. The molecule has 7 nitrogen and oxygen atoms in total. The van der Waals surface area contributed by atoms with E-state index < -0.39 is 0 Å². The quantitative estimate of drug-likeness (QED) is 0.895. The molecule has 1 unspecified atom stereocenters. The first-order valence-corrected chi connectivity index (χ1v) is 8.91. The fraction of sp³-hybridized carbons (Fsp3) is 0.556. The lowest BCUT2D eigenvalue weighted by atomic mass is 10.0. The molecule has 3 amide bonds. The van der Waals surface area contributed by atoms with Gasteiger partial charge in [0.05, 0.1) is 6.42 Å². The molecular formula is C18H23N3O4. The van der Waals surface area contributed by atoms with Crippen molar-refractivity contribution in [2.75, 3.05) is 32.8 Å². The minimum atomic E-state index is -0.246. The number of rotatable bonds is 3. The van der Waals surface area contributed by atoms with Crippen LogP contribution in [-0.4, -0.2) is 66.7 Å². The number of hydrogen-bond donors (Lipinski definition) is 1. The van der Waals surface area contributed by atoms with Crippen LogP contribution in [0.5, 0.6) is 11.5 Å². The van der Waals surface area contributed by atoms with E-state index in [4.69, 9.17) is 9.47 Å². The van der Waals surface area contributed by atoms with E-state index in [9.17, 15) is 9.59 Å². The number of carbonyl (C=O) groups excluding carboxylic acids is 2. The van der Waals surface area contributed by atoms with Gasteiger partial charge < -0.3 is 24.6 Å². The average molecular weight is 345 g/mol. The third-order valence-electron chi connectivity index (χ3n) is 5.12. The molecule has 3 aliphatic rings. The molecule has 0 aromatic heterocycles. The van der Waals surface area contributed by atoms with Crippen molar-refractivity contribution in [1.29, 1.82) is 0 Å². The minimum absolute atomic E-state index is 0.0243. The Labute approximate surface area is 146 Å². The first-order chi connectivity index (χ1) is 12.2. The van der Waals surface area contributed by atoms with Gasteiger partial charge in [0.2, 0.25) is 5.91 Å². The van der Waals surface area contributed by atoms with Crippen LogP contribution in [0.2, 0.25) is 0 Å². The molecular weight excluding hydrogens is 322 g/mol. The SMILES string of the molecule is O=C(CC1COc2ccccc2O1)N1CCC(N2CCNC2=O)CC1. The van der Waals surface area contributed by atoms with Crippen LogP contribution in [0.15, 0.2) is 24.3 Å². The summed E-state index contributed by atoms with van der Waals surface area (Å²) in [7, 11) is 0. The average Bonchev–Trinajstić information content (AvgIpc) is 3.08. The van der Waals surface area contributed by atoms with Gasteiger partial charge in [-0.25, -0.2) is 4.79 Å². The lowest BCUT2D eigenvalue weighted by Gasteiger charge is -2.37. The van der Waals surface area contributed by atoms with Crippen LogP contribution in [0.25, 0.3) is 0 Å². The summed E-state index contributed by atoms with van der Waals surface area (Å²) >= 11 is 0. The van der Waals surface area contributed by atoms with Gasteiger partial charge in [0.25, 0.3) is 0 Å². The second-order valence-corrected chi connectivity index (χ2v) is 6.74. The zero-order valence-corrected chi connectivity index (χ0v) is 14.1. The van der Waals surface area contributed by atoms with E-state index >= 15 is 0 Å². The standard InChI is InChI=1S/C18H23N3O4/c22-17(11-14-12-24-15-3-1-2-4-16(15)25-14)20-8-5-13(6-9-20)21-10-7-19-18(21)23/h1-4,13-14H,5-12H2,(H,19,23). The number of piperidine rings is 1. The van der Waals surface area contributed by atoms with Crippen LogP contribution in [0.3, 0.4) is 0 Å². The van der Waals surface area contributed by atoms with Gasteiger partial charge >= 0.3 is 6.03 Å². The van der Waals surface area contributed by atoms with E-state index in [0.717, 1.165) is 31.7 Å². The Morgan fingerprint density at radius 3 is 2.64 bits per heavy atom. The number of para-hydroxylation sites is 2. The number of nitrogens with one attached hydrogen (secondary N) is 1. The highest BCUT2D eigenvalue weighted by Crippen LogP contribution is 2.31. The molecule has 1 atom stereocenters. The molecule has 0 spiro atoms. The molecule has 0 aliphatic carbocycles. The Balaban J connectivity index is 1.28. The first kappa shape index (κ1) is 16.1. The largest absolute Gasteiger partial charge is 0.486 e. The lowest BCUT2D eigenvalue weighted by Crippen LogP contribution is -2.48. The van der Waals surface area contributed by atoms with Gasteiger partial charge in [0.1, 0.15) is 12.7 Å². The van der Waals surface area contributed by atoms with Crippen molar-refractivity contribution in [1.82, 2.24) is 15.1 Å². The summed E-state index contributed by atoms with van der Waals surface area (Å²) < 4.78 is 11.6. The maximum Gasteiger partial charge on any atom is 0.317 e. The van der Waals surface area contributed by atoms with E-state index in [2.05, 4.69) is 5.32 Å². The number of urea groups is 1. The molecule has 0 radical (unpaired) electrons. The highest BCUT2D eigenvalue weighted by atomic mass is 16.6. The van der Waals surface area contributed by atoms with E-state index in [1.807, 2.05) is 34.1 Å². The zero-order valence-electron chi connectivity index (χ0n) is 14.1. The van der Waals surface area contributed by atoms with Gasteiger partial charge in [-0.2, -0.15) is 0 Å². The van der Waals surface area contributed by atoms with Gasteiger partial charge in [-0.05, 0) is 25.0 Å². The van der Waals surface area contributed by atoms with E-state index in [1.165, 1.54) is 0 Å². The number of likely N-dealkylation sites (tertiary alicyclic amines) is 1. The summed E-state index contributed by atoms with van der Waals surface area (Å²) in [5, 5.41) is 2.84. The Bertz CT molecular complexity index is 657. The second kappa shape index (κ2) is 6.82. The number of benzene rings is 1. The van der Waals surface area contributed by atoms with Gasteiger partial charge in [0, 0.05) is 32.2 Å². The summed E-state index contributed by atoms with van der Waals surface area (Å²) in [6, 6.07) is 7.79. The van der Waals surface area contributed by atoms with Gasteiger partial charge in [0.15, 0.2) is 11.5 Å². The van der Waals surface area contributed by atoms with Crippen molar-refractivity contribution < 1.29 is 19.1 Å². The monoisotopic (exact) mass is 345 g/mol. The highest BCUT2D eigenvalue weighted by molar-refractivity contribution is 5.78. The Morgan fingerprint density at radius 1 is 1.16 bits per heavy atom. The third-order valence-corrected chi connectivity index (χ3v) is 5.12. The number of amides is 3. The molecule has 0 bridgehead atoms. The lowest BCUT2D eigenvalue weighted by molar-refractivity contribution is -0.135. The van der Waals surface area contributed by atoms with Crippen LogP contribution in [-0.2, 0) is 4.79 Å². The van der Waals surface area contributed by atoms with Crippen molar-refractivity contribution >= 4 is 11.9 Å². The van der Waals surface area contributed by atoms with Crippen LogP contribution in [0.1, 0.15) is 19.3 Å². The van der Waals surface area contributed by atoms with Crippen LogP contribution in [0.4, 0.5) is 4.79 Å². The van der Waals surface area contributed by atoms with E-state index in [-0.39, 0.29) is 24.1 Å². The predicted octanol–water partition coefficient (Wildman–Crippen LogP) is 1.23. The summed E-state index contributed by atoms with van der Waals surface area (Å²) in [4.78, 5) is 28.1. The van der Waals surface area contributed by atoms with Crippen molar-refractivity contribution in [3.05, 3.63) is 24.3 Å². The highest BCUT2D eigenvalue weighted by Gasteiger charge is 2.33. The fourth-order valence-electron chi connectivity index (χ4n) is 3.75. The maximum atomic E-state index is 12.6. The molecule has 4 rings (SSSR count). The molecule has 25 heavy (non-hydrogen) atoms. The summed E-state index contributed by atoms with van der Waals surface area (Å²) in [6.45, 7) is 3.27. The van der Waals surface area contributed by atoms with E-state index in [0.29, 0.717) is 31.9 Å². The second-order valence-electron chi connectivity index (χ2n) is 6.74. The minimum Gasteiger partial charge on any atom is -0.486 e. The topological polar surface area (TPSA) is 71.1 Å². The van der Waals surface area contributed by atoms with Crippen molar-refractivity contribution in [2.45, 2.75) is 31.4 Å². The number of ether oxygens (including phenoxy) is 2. The summed E-state index contributed by atoms with van der Waals surface area (Å²) in [5.41, 5.74) is 0. The van der Waals surface area contributed by atoms with E-state index in [1.54, 1.807) is 0 Å². The van der Waals surface area contributed by atoms with Crippen molar-refractivity contribution in [3.8, 4) is 11.5 Å². The maximum absolute atomic E-state index is 12.6. The first-order valence-electron chi connectivity index (χ1n) is 8.91. The molecule has 2 saturated heterocycles. The fourth-order valence-corrected chi connectivity index (χ4v) is 3.75. The molecule has 1 aromatic rings. The molecule has 134 valence electrons. The third kappa shape index (κ3) is 3.36. The number of carbonyl (C=O) groups is 2. The predicted molar refractivity (Wildman–Crippen MR) is 90.7 cm³/mol. The van der Waals surface area contributed by atoms with Crippen LogP contribution in [0, 0.1) is 0 Å². The Morgan fingerprint density at radius 2 is 1.92 bits per heavy atom. The Hall–Kier alpha value is -2.44.